The quantitative estimate of drug-likeness (QED) is 0.203. The predicted octanol–water partition coefficient (Wildman–Crippen LogP) is 11.9. The molecule has 0 unspecified atom stereocenters. The molecular formula is C44H50Zr. The summed E-state index contributed by atoms with van der Waals surface area (Å²) in [7, 11) is 0. The predicted molar refractivity (Wildman–Crippen MR) is 192 cm³/mol. The van der Waals surface area contributed by atoms with Crippen LogP contribution in [0.15, 0.2) is 118 Å². The molecule has 45 heavy (non-hydrogen) atoms. The van der Waals surface area contributed by atoms with Crippen molar-refractivity contribution in [3.8, 4) is 11.1 Å². The van der Waals surface area contributed by atoms with E-state index in [9.17, 15) is 0 Å². The van der Waals surface area contributed by atoms with Crippen molar-refractivity contribution in [2.45, 2.75) is 90.1 Å². The summed E-state index contributed by atoms with van der Waals surface area (Å²) in [6.07, 6.45) is 3.66. The third-order valence-corrected chi connectivity index (χ3v) is 18.6. The first-order valence-electron chi connectivity index (χ1n) is 16.7. The van der Waals surface area contributed by atoms with Crippen LogP contribution in [0.1, 0.15) is 113 Å². The summed E-state index contributed by atoms with van der Waals surface area (Å²) < 4.78 is 3.79. The third kappa shape index (κ3) is 6.15. The van der Waals surface area contributed by atoms with E-state index >= 15 is 0 Å². The summed E-state index contributed by atoms with van der Waals surface area (Å²) in [4.78, 5) is 0. The second-order valence-corrected chi connectivity index (χ2v) is 22.5. The summed E-state index contributed by atoms with van der Waals surface area (Å²) in [5.74, 6) is 0. The molecule has 0 N–H and O–H groups in total. The van der Waals surface area contributed by atoms with Crippen molar-refractivity contribution in [2.24, 2.45) is 5.41 Å². The van der Waals surface area contributed by atoms with Gasteiger partial charge in [0, 0.05) is 0 Å². The van der Waals surface area contributed by atoms with Gasteiger partial charge in [-0.05, 0) is 0 Å². The number of allylic oxidation sites excluding steroid dienone is 4. The van der Waals surface area contributed by atoms with E-state index in [2.05, 4.69) is 172 Å². The van der Waals surface area contributed by atoms with Gasteiger partial charge in [0.25, 0.3) is 0 Å². The third-order valence-electron chi connectivity index (χ3n) is 9.95. The van der Waals surface area contributed by atoms with Gasteiger partial charge in [-0.3, -0.25) is 0 Å². The van der Waals surface area contributed by atoms with E-state index in [1.165, 1.54) is 39.0 Å². The Kier molecular flexibility index (Phi) is 8.36. The van der Waals surface area contributed by atoms with Gasteiger partial charge in [-0.2, -0.15) is 0 Å². The molecule has 0 aromatic heterocycles. The molecule has 4 aromatic carbocycles. The molecule has 1 heteroatoms. The van der Waals surface area contributed by atoms with E-state index < -0.39 is 21.3 Å². The first-order chi connectivity index (χ1) is 21.1. The molecule has 0 aliphatic heterocycles. The van der Waals surface area contributed by atoms with Crippen LogP contribution in [0.25, 0.3) is 11.1 Å². The van der Waals surface area contributed by atoms with Crippen LogP contribution in [0.2, 0.25) is 0 Å². The van der Waals surface area contributed by atoms with Gasteiger partial charge in [-0.1, -0.05) is 0 Å². The van der Waals surface area contributed by atoms with Crippen LogP contribution < -0.4 is 0 Å². The van der Waals surface area contributed by atoms with Crippen LogP contribution in [0, 0.1) is 5.41 Å². The van der Waals surface area contributed by atoms with Crippen molar-refractivity contribution in [3.63, 3.8) is 0 Å². The standard InChI is InChI=1S/C21H25.C13H10.C10H15.Zr/c1-20(2,3)16-7-9-18-14(12-16)11-15-13-17(21(4,5)6)8-10-19(15)18;1-3-7-12(8-4-1)11-13-9-5-2-6-10-13;1-8-5-6-9(7-8)10(2,3)4;/h7-13H,1-6H3;1-10H;7H,6H2,1-4H3;. The average molecular weight is 670 g/mol. The molecule has 0 radical (unpaired) electrons. The summed E-state index contributed by atoms with van der Waals surface area (Å²) >= 11 is -2.84. The van der Waals surface area contributed by atoms with Gasteiger partial charge in [0.2, 0.25) is 0 Å². The van der Waals surface area contributed by atoms with E-state index in [4.69, 9.17) is 0 Å². The zero-order chi connectivity index (χ0) is 32.3. The van der Waals surface area contributed by atoms with Gasteiger partial charge < -0.3 is 0 Å². The molecular weight excluding hydrogens is 620 g/mol. The van der Waals surface area contributed by atoms with Crippen LogP contribution in [0.4, 0.5) is 0 Å². The van der Waals surface area contributed by atoms with Crippen LogP contribution in [0.5, 0.6) is 0 Å². The maximum absolute atomic E-state index is 2.84. The van der Waals surface area contributed by atoms with Gasteiger partial charge in [-0.15, -0.1) is 0 Å². The minimum absolute atomic E-state index is 0.0867. The average Bonchev–Trinajstić information content (AvgIpc) is 3.53. The molecule has 0 atom stereocenters. The van der Waals surface area contributed by atoms with Crippen LogP contribution >= 0.6 is 0 Å². The molecule has 2 aliphatic carbocycles. The van der Waals surface area contributed by atoms with E-state index in [1.54, 1.807) is 23.2 Å². The Hall–Kier alpha value is -2.89. The molecule has 0 heterocycles. The Morgan fingerprint density at radius 1 is 0.578 bits per heavy atom. The Bertz CT molecular complexity index is 1740. The van der Waals surface area contributed by atoms with Crippen LogP contribution in [0.3, 0.4) is 0 Å². The molecule has 0 bridgehead atoms. The van der Waals surface area contributed by atoms with Crippen molar-refractivity contribution in [1.82, 2.24) is 0 Å². The van der Waals surface area contributed by atoms with E-state index in [0.717, 1.165) is 6.42 Å². The van der Waals surface area contributed by atoms with Crippen molar-refractivity contribution >= 4 is 3.21 Å². The molecule has 4 aromatic rings. The van der Waals surface area contributed by atoms with Crippen molar-refractivity contribution in [2.75, 3.05) is 0 Å². The Labute approximate surface area is 280 Å². The SMILES string of the molecule is CC1=[C]([Zr](=[C](c2ccccc2)c2ccccc2)[CH]2c3cc(C(C)(C)C)ccc3-c3ccc(C(C)(C)C)cc32)CC(C(C)(C)C)=C1. The molecule has 2 aliphatic rings. The number of hydrogen-bond donors (Lipinski definition) is 0. The topological polar surface area (TPSA) is 0 Å². The normalized spacial score (nSPS) is 15.2. The van der Waals surface area contributed by atoms with Gasteiger partial charge in [0.05, 0.1) is 0 Å². The molecule has 0 saturated heterocycles. The second kappa shape index (κ2) is 11.7. The van der Waals surface area contributed by atoms with Crippen molar-refractivity contribution < 1.29 is 21.3 Å². The van der Waals surface area contributed by atoms with Gasteiger partial charge in [0.15, 0.2) is 0 Å². The molecule has 230 valence electrons. The summed E-state index contributed by atoms with van der Waals surface area (Å²) in [6.45, 7) is 23.7. The Balaban J connectivity index is 1.76. The minimum atomic E-state index is -2.84. The maximum atomic E-state index is 2.61. The van der Waals surface area contributed by atoms with E-state index in [-0.39, 0.29) is 16.2 Å². The Morgan fingerprint density at radius 3 is 1.40 bits per heavy atom. The second-order valence-electron chi connectivity index (χ2n) is 16.3. The zero-order valence-electron chi connectivity index (χ0n) is 29.1. The summed E-state index contributed by atoms with van der Waals surface area (Å²) in [6, 6.07) is 37.7. The molecule has 0 amide bonds. The van der Waals surface area contributed by atoms with Crippen molar-refractivity contribution in [1.29, 1.82) is 0 Å². The fourth-order valence-electron chi connectivity index (χ4n) is 7.18. The first kappa shape index (κ1) is 32.1. The number of rotatable bonds is 4. The first-order valence-corrected chi connectivity index (χ1v) is 20.6. The summed E-state index contributed by atoms with van der Waals surface area (Å²) in [5, 5.41) is 0. The van der Waals surface area contributed by atoms with Crippen molar-refractivity contribution in [3.05, 3.63) is 151 Å². The number of fused-ring (bicyclic) bond motifs is 3. The Morgan fingerprint density at radius 2 is 1.02 bits per heavy atom. The molecule has 0 saturated carbocycles. The molecule has 6 rings (SSSR count). The van der Waals surface area contributed by atoms with Gasteiger partial charge >= 0.3 is 282 Å². The van der Waals surface area contributed by atoms with E-state index in [0.29, 0.717) is 3.63 Å². The fourth-order valence-corrected chi connectivity index (χ4v) is 16.7. The number of hydrogen-bond acceptors (Lipinski definition) is 0. The molecule has 0 spiro atoms. The fraction of sp³-hybridized carbons (Fsp3) is 0.341. The van der Waals surface area contributed by atoms with E-state index in [1.807, 2.05) is 0 Å². The zero-order valence-corrected chi connectivity index (χ0v) is 31.6. The van der Waals surface area contributed by atoms with Crippen LogP contribution in [-0.2, 0) is 32.1 Å². The van der Waals surface area contributed by atoms with Gasteiger partial charge in [0.1, 0.15) is 0 Å². The molecule has 0 fully saturated rings. The summed E-state index contributed by atoms with van der Waals surface area (Å²) in [5.41, 5.74) is 15.1. The van der Waals surface area contributed by atoms with Gasteiger partial charge in [-0.25, -0.2) is 0 Å². The monoisotopic (exact) mass is 668 g/mol. The molecule has 0 nitrogen and oxygen atoms in total. The number of benzene rings is 4. The van der Waals surface area contributed by atoms with Crippen LogP contribution in [-0.4, -0.2) is 3.21 Å².